The molecule has 0 aromatic heterocycles. The molecule has 0 bridgehead atoms. The molecule has 1 saturated carbocycles. The van der Waals surface area contributed by atoms with Gasteiger partial charge in [0.2, 0.25) is 0 Å². The highest BCUT2D eigenvalue weighted by atomic mass is 35.5. The molecule has 0 amide bonds. The number of halogens is 1. The van der Waals surface area contributed by atoms with Crippen LogP contribution in [-0.2, 0) is 0 Å². The van der Waals surface area contributed by atoms with Crippen molar-refractivity contribution in [1.82, 2.24) is 0 Å². The van der Waals surface area contributed by atoms with E-state index >= 15 is 0 Å². The molecule has 0 nitrogen and oxygen atoms in total. The lowest BCUT2D eigenvalue weighted by atomic mass is 9.80. The van der Waals surface area contributed by atoms with Crippen molar-refractivity contribution in [3.8, 4) is 11.8 Å². The van der Waals surface area contributed by atoms with Crippen LogP contribution in [-0.4, -0.2) is 0 Å². The summed E-state index contributed by atoms with van der Waals surface area (Å²) < 4.78 is 0. The minimum Gasteiger partial charge on any atom is -0.0951 e. The van der Waals surface area contributed by atoms with Gasteiger partial charge in [-0.15, -0.1) is 0 Å². The van der Waals surface area contributed by atoms with Gasteiger partial charge in [0.15, 0.2) is 0 Å². The molecule has 0 heterocycles. The molecule has 14 heavy (non-hydrogen) atoms. The van der Waals surface area contributed by atoms with Crippen LogP contribution in [0.3, 0.4) is 0 Å². The fourth-order valence-electron chi connectivity index (χ4n) is 2.20. The average molecular weight is 211 g/mol. The average Bonchev–Trinajstić information content (AvgIpc) is 2.21. The molecule has 0 aliphatic heterocycles. The summed E-state index contributed by atoms with van der Waals surface area (Å²) in [5.74, 6) is 7.85. The fraction of sp³-hybridized carbons (Fsp3) is 0.692. The van der Waals surface area contributed by atoms with Crippen LogP contribution in [0.1, 0.15) is 45.4 Å². The Kier molecular flexibility index (Phi) is 5.80. The van der Waals surface area contributed by atoms with Gasteiger partial charge < -0.3 is 0 Å². The van der Waals surface area contributed by atoms with E-state index in [1.165, 1.54) is 44.1 Å². The molecule has 1 fully saturated rings. The van der Waals surface area contributed by atoms with E-state index in [2.05, 4.69) is 18.8 Å². The molecule has 1 aliphatic carbocycles. The molecular formula is C13H19Cl. The van der Waals surface area contributed by atoms with Crippen LogP contribution in [0, 0.1) is 23.7 Å². The van der Waals surface area contributed by atoms with E-state index < -0.39 is 0 Å². The Morgan fingerprint density at radius 1 is 1.29 bits per heavy atom. The van der Waals surface area contributed by atoms with Gasteiger partial charge in [0, 0.05) is 11.5 Å². The first-order valence-corrected chi connectivity index (χ1v) is 6.06. The van der Waals surface area contributed by atoms with Crippen LogP contribution in [0.5, 0.6) is 0 Å². The molecular weight excluding hydrogens is 192 g/mol. The second-order valence-electron chi connectivity index (χ2n) is 4.09. The summed E-state index contributed by atoms with van der Waals surface area (Å²) in [5, 5.41) is 0. The summed E-state index contributed by atoms with van der Waals surface area (Å²) in [6.45, 7) is 2.27. The number of hydrogen-bond acceptors (Lipinski definition) is 0. The third kappa shape index (κ3) is 4.20. The molecule has 0 aromatic carbocycles. The molecule has 0 saturated heterocycles. The molecule has 1 rings (SSSR count). The Balaban J connectivity index is 2.26. The third-order valence-corrected chi connectivity index (χ3v) is 3.10. The van der Waals surface area contributed by atoms with E-state index in [1.807, 2.05) is 0 Å². The van der Waals surface area contributed by atoms with E-state index in [-0.39, 0.29) is 0 Å². The van der Waals surface area contributed by atoms with E-state index in [9.17, 15) is 0 Å². The Bertz CT molecular complexity index is 223. The summed E-state index contributed by atoms with van der Waals surface area (Å²) in [6.07, 6.45) is 9.77. The monoisotopic (exact) mass is 210 g/mol. The normalized spacial score (nSPS) is 27.3. The number of hydrogen-bond donors (Lipinski definition) is 0. The standard InChI is InChI=1S/C13H19Cl/c1-2-5-12-7-9-13(10-8-12)6-3-4-11-14/h4,11-13H,2,5,7-10H2,1H3/b11-4+/t12-,13-. The molecule has 0 spiro atoms. The molecule has 0 unspecified atom stereocenters. The van der Waals surface area contributed by atoms with Crippen LogP contribution in [0.25, 0.3) is 0 Å². The van der Waals surface area contributed by atoms with Crippen molar-refractivity contribution < 1.29 is 0 Å². The lowest BCUT2D eigenvalue weighted by Crippen LogP contribution is -2.12. The van der Waals surface area contributed by atoms with Gasteiger partial charge >= 0.3 is 0 Å². The van der Waals surface area contributed by atoms with Crippen molar-refractivity contribution in [3.63, 3.8) is 0 Å². The summed E-state index contributed by atoms with van der Waals surface area (Å²) >= 11 is 5.40. The lowest BCUT2D eigenvalue weighted by Gasteiger charge is -2.25. The van der Waals surface area contributed by atoms with Gasteiger partial charge in [-0.3, -0.25) is 0 Å². The molecule has 0 N–H and O–H groups in total. The van der Waals surface area contributed by atoms with Crippen molar-refractivity contribution in [3.05, 3.63) is 11.6 Å². The fourth-order valence-corrected chi connectivity index (χ4v) is 2.26. The molecule has 0 atom stereocenters. The van der Waals surface area contributed by atoms with Gasteiger partial charge in [0.1, 0.15) is 0 Å². The highest BCUT2D eigenvalue weighted by Crippen LogP contribution is 2.30. The van der Waals surface area contributed by atoms with Gasteiger partial charge in [-0.05, 0) is 37.7 Å². The first-order chi connectivity index (χ1) is 6.86. The van der Waals surface area contributed by atoms with Crippen LogP contribution in [0.15, 0.2) is 11.6 Å². The SMILES string of the molecule is CCC[C@H]1CC[C@H](C#C/C=C/Cl)CC1. The van der Waals surface area contributed by atoms with Crippen molar-refractivity contribution in [1.29, 1.82) is 0 Å². The van der Waals surface area contributed by atoms with E-state index in [4.69, 9.17) is 11.6 Å². The van der Waals surface area contributed by atoms with Gasteiger partial charge in [-0.2, -0.15) is 0 Å². The molecule has 0 radical (unpaired) electrons. The zero-order valence-corrected chi connectivity index (χ0v) is 9.69. The van der Waals surface area contributed by atoms with Crippen molar-refractivity contribution in [2.24, 2.45) is 11.8 Å². The Morgan fingerprint density at radius 2 is 2.00 bits per heavy atom. The summed E-state index contributed by atoms with van der Waals surface area (Å²) in [5.41, 5.74) is 1.48. The van der Waals surface area contributed by atoms with Crippen molar-refractivity contribution >= 4 is 11.6 Å². The summed E-state index contributed by atoms with van der Waals surface area (Å²) in [4.78, 5) is 0. The van der Waals surface area contributed by atoms with Gasteiger partial charge in [0.05, 0.1) is 0 Å². The largest absolute Gasteiger partial charge is 0.0951 e. The van der Waals surface area contributed by atoms with Gasteiger partial charge in [0.25, 0.3) is 0 Å². The zero-order chi connectivity index (χ0) is 10.2. The minimum atomic E-state index is 0.621. The quantitative estimate of drug-likeness (QED) is 0.595. The lowest BCUT2D eigenvalue weighted by molar-refractivity contribution is 0.300. The maximum Gasteiger partial charge on any atom is 0.0206 e. The predicted octanol–water partition coefficient (Wildman–Crippen LogP) is 4.35. The molecule has 78 valence electrons. The molecule has 1 heteroatoms. The predicted molar refractivity (Wildman–Crippen MR) is 63.1 cm³/mol. The second-order valence-corrected chi connectivity index (χ2v) is 4.34. The maximum atomic E-state index is 5.40. The first-order valence-electron chi connectivity index (χ1n) is 5.63. The second kappa shape index (κ2) is 6.96. The Morgan fingerprint density at radius 3 is 2.57 bits per heavy atom. The highest BCUT2D eigenvalue weighted by molar-refractivity contribution is 6.25. The van der Waals surface area contributed by atoms with Crippen molar-refractivity contribution in [2.75, 3.05) is 0 Å². The Labute approximate surface area is 92.7 Å². The number of rotatable bonds is 2. The van der Waals surface area contributed by atoms with Crippen LogP contribution in [0.2, 0.25) is 0 Å². The highest BCUT2D eigenvalue weighted by Gasteiger charge is 2.18. The topological polar surface area (TPSA) is 0 Å². The van der Waals surface area contributed by atoms with Gasteiger partial charge in [-0.1, -0.05) is 43.2 Å². The van der Waals surface area contributed by atoms with Crippen LogP contribution < -0.4 is 0 Å². The summed E-state index contributed by atoms with van der Waals surface area (Å²) in [6, 6.07) is 0. The van der Waals surface area contributed by atoms with E-state index in [0.29, 0.717) is 5.92 Å². The smallest absolute Gasteiger partial charge is 0.0206 e. The minimum absolute atomic E-state index is 0.621. The zero-order valence-electron chi connectivity index (χ0n) is 8.93. The third-order valence-electron chi connectivity index (χ3n) is 2.98. The maximum absolute atomic E-state index is 5.40. The van der Waals surface area contributed by atoms with Crippen molar-refractivity contribution in [2.45, 2.75) is 45.4 Å². The molecule has 1 aliphatic rings. The Hall–Kier alpha value is -0.410. The van der Waals surface area contributed by atoms with E-state index in [0.717, 1.165) is 5.92 Å². The first kappa shape index (κ1) is 11.7. The number of allylic oxidation sites excluding steroid dienone is 1. The van der Waals surface area contributed by atoms with Crippen LogP contribution in [0.4, 0.5) is 0 Å². The van der Waals surface area contributed by atoms with Gasteiger partial charge in [-0.25, -0.2) is 0 Å². The van der Waals surface area contributed by atoms with Crippen LogP contribution >= 0.6 is 11.6 Å². The van der Waals surface area contributed by atoms with E-state index in [1.54, 1.807) is 6.08 Å². The summed E-state index contributed by atoms with van der Waals surface area (Å²) in [7, 11) is 0. The molecule has 0 aromatic rings.